The highest BCUT2D eigenvalue weighted by molar-refractivity contribution is 5.93. The molecule has 0 bridgehead atoms. The molecule has 0 spiro atoms. The van der Waals surface area contributed by atoms with Gasteiger partial charge >= 0.3 is 0 Å². The summed E-state index contributed by atoms with van der Waals surface area (Å²) in [6.07, 6.45) is 0.755. The number of aryl methyl sites for hydroxylation is 1. The molecule has 4 nitrogen and oxygen atoms in total. The molecule has 3 aromatic carbocycles. The zero-order valence-corrected chi connectivity index (χ0v) is 16.3. The van der Waals surface area contributed by atoms with Crippen LogP contribution in [0.4, 0.5) is 5.69 Å². The number of para-hydroxylation sites is 2. The molecule has 29 heavy (non-hydrogen) atoms. The topological polar surface area (TPSA) is 51.2 Å². The van der Waals surface area contributed by atoms with E-state index in [0.717, 1.165) is 34.3 Å². The normalized spacial score (nSPS) is 10.7. The van der Waals surface area contributed by atoms with Gasteiger partial charge in [0.2, 0.25) is 0 Å². The van der Waals surface area contributed by atoms with E-state index >= 15 is 0 Å². The van der Waals surface area contributed by atoms with E-state index in [0.29, 0.717) is 5.75 Å². The van der Waals surface area contributed by atoms with Crippen molar-refractivity contribution in [1.29, 1.82) is 0 Å². The first-order valence-corrected chi connectivity index (χ1v) is 9.60. The van der Waals surface area contributed by atoms with E-state index in [-0.39, 0.29) is 12.5 Å². The number of hydrogen-bond donors (Lipinski definition) is 1. The van der Waals surface area contributed by atoms with Crippen molar-refractivity contribution >= 4 is 22.5 Å². The Bertz CT molecular complexity index is 1140. The maximum Gasteiger partial charge on any atom is 0.262 e. The number of rotatable bonds is 6. The van der Waals surface area contributed by atoms with E-state index in [2.05, 4.69) is 22.4 Å². The van der Waals surface area contributed by atoms with Crippen LogP contribution in [0.2, 0.25) is 0 Å². The molecule has 144 valence electrons. The SMILES string of the molecule is Cc1ccc2cccc(OCC(=O)Nc3ccccc3Cc3ccccc3)c2n1. The molecule has 4 rings (SSSR count). The first-order valence-electron chi connectivity index (χ1n) is 9.60. The molecule has 0 saturated carbocycles. The van der Waals surface area contributed by atoms with Gasteiger partial charge in [-0.3, -0.25) is 4.79 Å². The number of carbonyl (C=O) groups excluding carboxylic acids is 1. The molecule has 0 unspecified atom stereocenters. The minimum Gasteiger partial charge on any atom is -0.481 e. The molecule has 1 amide bonds. The lowest BCUT2D eigenvalue weighted by molar-refractivity contribution is -0.118. The summed E-state index contributed by atoms with van der Waals surface area (Å²) in [7, 11) is 0. The molecular weight excluding hydrogens is 360 g/mol. The Hall–Kier alpha value is -3.66. The molecular formula is C25H22N2O2. The minimum atomic E-state index is -0.199. The Labute approximate surface area is 170 Å². The fourth-order valence-corrected chi connectivity index (χ4v) is 3.28. The summed E-state index contributed by atoms with van der Waals surface area (Å²) in [6.45, 7) is 1.86. The number of pyridine rings is 1. The van der Waals surface area contributed by atoms with E-state index in [9.17, 15) is 4.79 Å². The molecule has 0 fully saturated rings. The maximum atomic E-state index is 12.5. The van der Waals surface area contributed by atoms with E-state index in [4.69, 9.17) is 4.74 Å². The summed E-state index contributed by atoms with van der Waals surface area (Å²) in [4.78, 5) is 17.1. The predicted octanol–water partition coefficient (Wildman–Crippen LogP) is 5.15. The van der Waals surface area contributed by atoms with E-state index < -0.39 is 0 Å². The first kappa shape index (κ1) is 18.7. The molecule has 4 aromatic rings. The van der Waals surface area contributed by atoms with Crippen molar-refractivity contribution in [2.45, 2.75) is 13.3 Å². The quantitative estimate of drug-likeness (QED) is 0.502. The smallest absolute Gasteiger partial charge is 0.262 e. The van der Waals surface area contributed by atoms with Crippen molar-refractivity contribution < 1.29 is 9.53 Å². The second-order valence-corrected chi connectivity index (χ2v) is 6.94. The predicted molar refractivity (Wildman–Crippen MR) is 116 cm³/mol. The van der Waals surface area contributed by atoms with Crippen molar-refractivity contribution in [3.05, 3.63) is 102 Å². The largest absolute Gasteiger partial charge is 0.481 e. The highest BCUT2D eigenvalue weighted by Gasteiger charge is 2.10. The van der Waals surface area contributed by atoms with Crippen molar-refractivity contribution in [3.8, 4) is 5.75 Å². The average molecular weight is 382 g/mol. The monoisotopic (exact) mass is 382 g/mol. The minimum absolute atomic E-state index is 0.0750. The lowest BCUT2D eigenvalue weighted by Gasteiger charge is -2.13. The van der Waals surface area contributed by atoms with Crippen molar-refractivity contribution in [2.24, 2.45) is 0 Å². The third-order valence-corrected chi connectivity index (χ3v) is 4.71. The zero-order valence-electron chi connectivity index (χ0n) is 16.3. The van der Waals surface area contributed by atoms with Crippen molar-refractivity contribution in [3.63, 3.8) is 0 Å². The molecule has 0 saturated heterocycles. The van der Waals surface area contributed by atoms with Gasteiger partial charge in [-0.25, -0.2) is 4.98 Å². The summed E-state index contributed by atoms with van der Waals surface area (Å²) in [5, 5.41) is 3.96. The number of nitrogens with zero attached hydrogens (tertiary/aromatic N) is 1. The average Bonchev–Trinajstić information content (AvgIpc) is 2.74. The van der Waals surface area contributed by atoms with Crippen LogP contribution in [-0.2, 0) is 11.2 Å². The summed E-state index contributed by atoms with van der Waals surface area (Å²) < 4.78 is 5.79. The first-order chi connectivity index (χ1) is 14.2. The van der Waals surface area contributed by atoms with Gasteiger partial charge in [0.1, 0.15) is 11.3 Å². The van der Waals surface area contributed by atoms with Gasteiger partial charge in [-0.05, 0) is 42.7 Å². The molecule has 0 radical (unpaired) electrons. The Morgan fingerprint density at radius 2 is 1.69 bits per heavy atom. The zero-order chi connectivity index (χ0) is 20.1. The van der Waals surface area contributed by atoms with Gasteiger partial charge in [-0.15, -0.1) is 0 Å². The van der Waals surface area contributed by atoms with Crippen LogP contribution in [0.1, 0.15) is 16.8 Å². The number of aromatic nitrogens is 1. The van der Waals surface area contributed by atoms with Gasteiger partial charge in [0.25, 0.3) is 5.91 Å². The number of ether oxygens (including phenoxy) is 1. The van der Waals surface area contributed by atoms with E-state index in [1.165, 1.54) is 5.56 Å². The lowest BCUT2D eigenvalue weighted by atomic mass is 10.0. The molecule has 1 aromatic heterocycles. The van der Waals surface area contributed by atoms with Crippen LogP contribution >= 0.6 is 0 Å². The van der Waals surface area contributed by atoms with Crippen LogP contribution in [0.5, 0.6) is 5.75 Å². The third-order valence-electron chi connectivity index (χ3n) is 4.71. The fourth-order valence-electron chi connectivity index (χ4n) is 3.28. The standard InChI is InChI=1S/C25H22N2O2/c1-18-14-15-20-11-7-13-23(25(20)26-18)29-17-24(28)27-22-12-6-5-10-21(22)16-19-8-3-2-4-9-19/h2-15H,16-17H2,1H3,(H,27,28). The van der Waals surface area contributed by atoms with Crippen LogP contribution in [0.3, 0.4) is 0 Å². The molecule has 1 N–H and O–H groups in total. The van der Waals surface area contributed by atoms with Gasteiger partial charge in [-0.2, -0.15) is 0 Å². The number of carbonyl (C=O) groups is 1. The van der Waals surface area contributed by atoms with Crippen LogP contribution in [0.15, 0.2) is 84.9 Å². The number of nitrogens with one attached hydrogen (secondary N) is 1. The second kappa shape index (κ2) is 8.57. The highest BCUT2D eigenvalue weighted by atomic mass is 16.5. The highest BCUT2D eigenvalue weighted by Crippen LogP contribution is 2.24. The number of amides is 1. The van der Waals surface area contributed by atoms with Gasteiger partial charge < -0.3 is 10.1 Å². The van der Waals surface area contributed by atoms with E-state index in [1.54, 1.807) is 0 Å². The van der Waals surface area contributed by atoms with Crippen LogP contribution in [-0.4, -0.2) is 17.5 Å². The molecule has 0 atom stereocenters. The summed E-state index contributed by atoms with van der Waals surface area (Å²) in [6, 6.07) is 27.7. The number of anilines is 1. The van der Waals surface area contributed by atoms with Gasteiger partial charge in [-0.1, -0.05) is 66.7 Å². The van der Waals surface area contributed by atoms with Crippen LogP contribution in [0, 0.1) is 6.92 Å². The Balaban J connectivity index is 1.45. The third kappa shape index (κ3) is 4.61. The maximum absolute atomic E-state index is 12.5. The van der Waals surface area contributed by atoms with Gasteiger partial charge in [0, 0.05) is 16.8 Å². The van der Waals surface area contributed by atoms with Crippen molar-refractivity contribution in [1.82, 2.24) is 4.98 Å². The summed E-state index contributed by atoms with van der Waals surface area (Å²) in [5.74, 6) is 0.411. The van der Waals surface area contributed by atoms with Crippen LogP contribution < -0.4 is 10.1 Å². The number of hydrogen-bond acceptors (Lipinski definition) is 3. The number of fused-ring (bicyclic) bond motifs is 1. The molecule has 0 aliphatic rings. The van der Waals surface area contributed by atoms with Gasteiger partial charge in [0.05, 0.1) is 0 Å². The van der Waals surface area contributed by atoms with Crippen molar-refractivity contribution in [2.75, 3.05) is 11.9 Å². The molecule has 0 aliphatic heterocycles. The lowest BCUT2D eigenvalue weighted by Crippen LogP contribution is -2.21. The Morgan fingerprint density at radius 1 is 0.897 bits per heavy atom. The Kier molecular flexibility index (Phi) is 5.52. The van der Waals surface area contributed by atoms with Gasteiger partial charge in [0.15, 0.2) is 6.61 Å². The fraction of sp³-hybridized carbons (Fsp3) is 0.120. The summed E-state index contributed by atoms with van der Waals surface area (Å²) >= 11 is 0. The van der Waals surface area contributed by atoms with Crippen LogP contribution in [0.25, 0.3) is 10.9 Å². The molecule has 0 aliphatic carbocycles. The Morgan fingerprint density at radius 3 is 2.55 bits per heavy atom. The molecule has 1 heterocycles. The molecule has 4 heteroatoms. The number of benzene rings is 3. The van der Waals surface area contributed by atoms with E-state index in [1.807, 2.05) is 79.7 Å². The second-order valence-electron chi connectivity index (χ2n) is 6.94. The summed E-state index contributed by atoms with van der Waals surface area (Å²) in [5.41, 5.74) is 4.74.